The van der Waals surface area contributed by atoms with Gasteiger partial charge in [-0.1, -0.05) is 0 Å². The van der Waals surface area contributed by atoms with E-state index in [0.29, 0.717) is 5.88 Å². The fourth-order valence-corrected chi connectivity index (χ4v) is 2.20. The fourth-order valence-electron chi connectivity index (χ4n) is 0.933. The quantitative estimate of drug-likeness (QED) is 0.779. The van der Waals surface area contributed by atoms with Crippen molar-refractivity contribution in [2.45, 2.75) is 5.88 Å². The van der Waals surface area contributed by atoms with Crippen LogP contribution in [-0.2, 0) is 5.88 Å². The Bertz CT molecular complexity index is 412. The third-order valence-electron chi connectivity index (χ3n) is 1.48. The standard InChI is InChI=1S/C8H5BrClNOS/c9-7-2-1-5(12-7)6-4-11-8(3-10)13-6/h1-2,4H,3H2. The third kappa shape index (κ3) is 1.95. The van der Waals surface area contributed by atoms with Gasteiger partial charge in [0.25, 0.3) is 0 Å². The van der Waals surface area contributed by atoms with Crippen LogP contribution in [0, 0.1) is 0 Å². The van der Waals surface area contributed by atoms with Crippen molar-refractivity contribution in [3.05, 3.63) is 28.0 Å². The summed E-state index contributed by atoms with van der Waals surface area (Å²) in [6.07, 6.45) is 1.77. The Labute approximate surface area is 92.7 Å². The van der Waals surface area contributed by atoms with E-state index in [2.05, 4.69) is 20.9 Å². The van der Waals surface area contributed by atoms with E-state index in [1.54, 1.807) is 17.5 Å². The monoisotopic (exact) mass is 277 g/mol. The number of hydrogen-bond donors (Lipinski definition) is 0. The maximum Gasteiger partial charge on any atom is 0.169 e. The van der Waals surface area contributed by atoms with Gasteiger partial charge >= 0.3 is 0 Å². The molecule has 68 valence electrons. The molecule has 0 saturated carbocycles. The van der Waals surface area contributed by atoms with Crippen LogP contribution in [0.1, 0.15) is 5.01 Å². The van der Waals surface area contributed by atoms with E-state index in [4.69, 9.17) is 16.0 Å². The second kappa shape index (κ2) is 3.82. The van der Waals surface area contributed by atoms with Crippen LogP contribution in [0.3, 0.4) is 0 Å². The highest BCUT2D eigenvalue weighted by atomic mass is 79.9. The third-order valence-corrected chi connectivity index (χ3v) is 3.33. The van der Waals surface area contributed by atoms with E-state index in [-0.39, 0.29) is 0 Å². The summed E-state index contributed by atoms with van der Waals surface area (Å²) in [5.74, 6) is 1.27. The van der Waals surface area contributed by atoms with Crippen LogP contribution in [0.15, 0.2) is 27.4 Å². The lowest BCUT2D eigenvalue weighted by Crippen LogP contribution is -1.67. The highest BCUT2D eigenvalue weighted by molar-refractivity contribution is 9.10. The average molecular weight is 279 g/mol. The Morgan fingerprint density at radius 2 is 2.38 bits per heavy atom. The highest BCUT2D eigenvalue weighted by Crippen LogP contribution is 2.29. The van der Waals surface area contributed by atoms with Crippen molar-refractivity contribution in [3.63, 3.8) is 0 Å². The van der Waals surface area contributed by atoms with Crippen molar-refractivity contribution in [1.82, 2.24) is 4.98 Å². The Balaban J connectivity index is 2.35. The minimum Gasteiger partial charge on any atom is -0.448 e. The van der Waals surface area contributed by atoms with Crippen LogP contribution in [0.25, 0.3) is 10.6 Å². The zero-order chi connectivity index (χ0) is 9.26. The second-order valence-corrected chi connectivity index (χ2v) is 4.52. The van der Waals surface area contributed by atoms with E-state index in [0.717, 1.165) is 20.3 Å². The largest absolute Gasteiger partial charge is 0.448 e. The predicted octanol–water partition coefficient (Wildman–Crippen LogP) is 3.90. The topological polar surface area (TPSA) is 26.0 Å². The van der Waals surface area contributed by atoms with Gasteiger partial charge in [0.2, 0.25) is 0 Å². The molecule has 0 radical (unpaired) electrons. The number of nitrogens with zero attached hydrogens (tertiary/aromatic N) is 1. The molecule has 2 nitrogen and oxygen atoms in total. The number of alkyl halides is 1. The van der Waals surface area contributed by atoms with Gasteiger partial charge in [-0.15, -0.1) is 22.9 Å². The van der Waals surface area contributed by atoms with Crippen molar-refractivity contribution in [2.75, 3.05) is 0 Å². The molecule has 0 amide bonds. The van der Waals surface area contributed by atoms with Crippen molar-refractivity contribution in [2.24, 2.45) is 0 Å². The first-order chi connectivity index (χ1) is 6.29. The summed E-state index contributed by atoms with van der Waals surface area (Å²) in [7, 11) is 0. The molecule has 0 fully saturated rings. The molecule has 2 heterocycles. The highest BCUT2D eigenvalue weighted by Gasteiger charge is 2.07. The molecule has 0 bridgehead atoms. The molecule has 0 aliphatic carbocycles. The molecule has 2 aromatic rings. The summed E-state index contributed by atoms with van der Waals surface area (Å²) >= 11 is 10.4. The van der Waals surface area contributed by atoms with Crippen LogP contribution >= 0.6 is 38.9 Å². The Kier molecular flexibility index (Phi) is 2.71. The summed E-state index contributed by atoms with van der Waals surface area (Å²) in [4.78, 5) is 5.13. The van der Waals surface area contributed by atoms with Gasteiger partial charge in [-0.3, -0.25) is 0 Å². The lowest BCUT2D eigenvalue weighted by Gasteiger charge is -1.86. The first kappa shape index (κ1) is 9.24. The SMILES string of the molecule is ClCc1ncc(-c2ccc(Br)o2)s1. The van der Waals surface area contributed by atoms with Gasteiger partial charge in [-0.25, -0.2) is 4.98 Å². The number of furan rings is 1. The molecular weight excluding hydrogens is 274 g/mol. The predicted molar refractivity (Wildman–Crippen MR) is 57.1 cm³/mol. The van der Waals surface area contributed by atoms with Crippen molar-refractivity contribution in [3.8, 4) is 10.6 Å². The molecule has 5 heteroatoms. The molecule has 0 aliphatic heterocycles. The first-order valence-electron chi connectivity index (χ1n) is 3.56. The Hall–Kier alpha value is -0.320. The molecule has 2 aromatic heterocycles. The first-order valence-corrected chi connectivity index (χ1v) is 5.70. The summed E-state index contributed by atoms with van der Waals surface area (Å²) in [5.41, 5.74) is 0. The maximum atomic E-state index is 5.64. The smallest absolute Gasteiger partial charge is 0.169 e. The van der Waals surface area contributed by atoms with Crippen molar-refractivity contribution < 1.29 is 4.42 Å². The van der Waals surface area contributed by atoms with Crippen LogP contribution in [0.4, 0.5) is 0 Å². The summed E-state index contributed by atoms with van der Waals surface area (Å²) in [6.45, 7) is 0. The molecule has 0 atom stereocenters. The molecule has 2 rings (SSSR count). The molecule has 0 N–H and O–H groups in total. The molecule has 13 heavy (non-hydrogen) atoms. The van der Waals surface area contributed by atoms with Gasteiger partial charge in [0.15, 0.2) is 4.67 Å². The van der Waals surface area contributed by atoms with Crippen LogP contribution in [-0.4, -0.2) is 4.98 Å². The zero-order valence-electron chi connectivity index (χ0n) is 6.46. The molecule has 0 aromatic carbocycles. The van der Waals surface area contributed by atoms with Gasteiger partial charge < -0.3 is 4.42 Å². The summed E-state index contributed by atoms with van der Waals surface area (Å²) in [6, 6.07) is 3.75. The number of aromatic nitrogens is 1. The van der Waals surface area contributed by atoms with Gasteiger partial charge in [0.1, 0.15) is 10.8 Å². The minimum atomic E-state index is 0.451. The van der Waals surface area contributed by atoms with Gasteiger partial charge in [0, 0.05) is 6.20 Å². The van der Waals surface area contributed by atoms with E-state index in [9.17, 15) is 0 Å². The maximum absolute atomic E-state index is 5.64. The fraction of sp³-hybridized carbons (Fsp3) is 0.125. The molecule has 0 saturated heterocycles. The normalized spacial score (nSPS) is 10.6. The number of hydrogen-bond acceptors (Lipinski definition) is 3. The number of rotatable bonds is 2. The van der Waals surface area contributed by atoms with Crippen LogP contribution in [0.5, 0.6) is 0 Å². The van der Waals surface area contributed by atoms with E-state index in [1.165, 1.54) is 0 Å². The van der Waals surface area contributed by atoms with E-state index >= 15 is 0 Å². The van der Waals surface area contributed by atoms with E-state index < -0.39 is 0 Å². The van der Waals surface area contributed by atoms with Gasteiger partial charge in [-0.05, 0) is 28.1 Å². The van der Waals surface area contributed by atoms with Crippen molar-refractivity contribution >= 4 is 38.9 Å². The van der Waals surface area contributed by atoms with Crippen LogP contribution in [0.2, 0.25) is 0 Å². The van der Waals surface area contributed by atoms with Gasteiger partial charge in [-0.2, -0.15) is 0 Å². The zero-order valence-corrected chi connectivity index (χ0v) is 9.62. The molecule has 0 aliphatic rings. The lowest BCUT2D eigenvalue weighted by molar-refractivity contribution is 0.557. The summed E-state index contributed by atoms with van der Waals surface area (Å²) < 4.78 is 6.10. The van der Waals surface area contributed by atoms with Gasteiger partial charge in [0.05, 0.1) is 10.8 Å². The Morgan fingerprint density at radius 3 is 2.92 bits per heavy atom. The lowest BCUT2D eigenvalue weighted by atomic mass is 10.4. The number of thiazole rings is 1. The second-order valence-electron chi connectivity index (χ2n) is 2.36. The van der Waals surface area contributed by atoms with Crippen molar-refractivity contribution in [1.29, 1.82) is 0 Å². The molecule has 0 unspecified atom stereocenters. The molecule has 0 spiro atoms. The average Bonchev–Trinajstić information content (AvgIpc) is 2.71. The summed E-state index contributed by atoms with van der Waals surface area (Å²) in [5, 5.41) is 0.907. The Morgan fingerprint density at radius 1 is 1.54 bits per heavy atom. The number of halogens is 2. The van der Waals surface area contributed by atoms with E-state index in [1.807, 2.05) is 12.1 Å². The minimum absolute atomic E-state index is 0.451. The van der Waals surface area contributed by atoms with Crippen LogP contribution < -0.4 is 0 Å². The molecular formula is C8H5BrClNOS.